The van der Waals surface area contributed by atoms with Crippen molar-refractivity contribution in [3.05, 3.63) is 41.2 Å². The average Bonchev–Trinajstić information content (AvgIpc) is 3.11. The number of aromatic nitrogens is 3. The number of hydrogen-bond donors (Lipinski definition) is 2. The molecule has 2 N–H and O–H groups in total. The van der Waals surface area contributed by atoms with Crippen LogP contribution in [0.1, 0.15) is 5.56 Å². The normalized spacial score (nSPS) is 14.8. The summed E-state index contributed by atoms with van der Waals surface area (Å²) in [6, 6.07) is 7.66. The summed E-state index contributed by atoms with van der Waals surface area (Å²) in [7, 11) is 0. The molecule has 0 spiro atoms. The molecular weight excluding hydrogens is 316 g/mol. The van der Waals surface area contributed by atoms with E-state index in [1.54, 1.807) is 0 Å². The molecule has 1 aromatic carbocycles. The first-order valence-electron chi connectivity index (χ1n) is 7.60. The minimum Gasteiger partial charge on any atom is -0.338 e. The van der Waals surface area contributed by atoms with Gasteiger partial charge in [0.1, 0.15) is 6.33 Å². The number of benzene rings is 1. The Bertz CT molecular complexity index is 622. The molecule has 7 nitrogen and oxygen atoms in total. The molecule has 122 valence electrons. The molecule has 0 radical (unpaired) electrons. The molecule has 3 rings (SSSR count). The second-order valence-electron chi connectivity index (χ2n) is 5.39. The van der Waals surface area contributed by atoms with E-state index in [1.807, 2.05) is 29.2 Å². The van der Waals surface area contributed by atoms with Crippen LogP contribution in [-0.2, 0) is 6.42 Å². The van der Waals surface area contributed by atoms with Crippen LogP contribution < -0.4 is 10.2 Å². The molecule has 23 heavy (non-hydrogen) atoms. The summed E-state index contributed by atoms with van der Waals surface area (Å²) in [5.41, 5.74) is 1.16. The largest absolute Gasteiger partial charge is 0.338 e. The molecule has 8 heteroatoms. The summed E-state index contributed by atoms with van der Waals surface area (Å²) in [5.74, 6) is 0.757. The van der Waals surface area contributed by atoms with Gasteiger partial charge in [0.25, 0.3) is 0 Å². The Labute approximate surface area is 139 Å². The van der Waals surface area contributed by atoms with Crippen LogP contribution in [0.3, 0.4) is 0 Å². The van der Waals surface area contributed by atoms with Crippen LogP contribution in [0, 0.1) is 0 Å². The number of hydrogen-bond acceptors (Lipinski definition) is 4. The fraction of sp³-hybridized carbons (Fsp3) is 0.400. The number of piperazine rings is 1. The van der Waals surface area contributed by atoms with E-state index in [4.69, 9.17) is 11.6 Å². The number of rotatable bonds is 4. The summed E-state index contributed by atoms with van der Waals surface area (Å²) in [4.78, 5) is 20.2. The zero-order chi connectivity index (χ0) is 16.1. The number of halogens is 1. The fourth-order valence-electron chi connectivity index (χ4n) is 2.55. The number of aromatic amines is 1. The van der Waals surface area contributed by atoms with Gasteiger partial charge < -0.3 is 15.1 Å². The van der Waals surface area contributed by atoms with Crippen molar-refractivity contribution in [2.24, 2.45) is 0 Å². The molecule has 0 bridgehead atoms. The summed E-state index contributed by atoms with van der Waals surface area (Å²) in [6.07, 6.45) is 2.28. The van der Waals surface area contributed by atoms with Gasteiger partial charge >= 0.3 is 6.03 Å². The van der Waals surface area contributed by atoms with Crippen molar-refractivity contribution in [3.63, 3.8) is 0 Å². The Morgan fingerprint density at radius 1 is 1.22 bits per heavy atom. The lowest BCUT2D eigenvalue weighted by molar-refractivity contribution is 0.194. The maximum Gasteiger partial charge on any atom is 0.317 e. The Kier molecular flexibility index (Phi) is 4.97. The number of carbonyl (C=O) groups is 1. The molecule has 1 aromatic heterocycles. The SMILES string of the molecule is O=C(NCCc1ccc(Cl)cc1)N1CCN(c2ncn[nH]2)CC1. The van der Waals surface area contributed by atoms with E-state index < -0.39 is 0 Å². The van der Waals surface area contributed by atoms with Crippen molar-refractivity contribution in [3.8, 4) is 0 Å². The van der Waals surface area contributed by atoms with Gasteiger partial charge in [-0.1, -0.05) is 23.7 Å². The van der Waals surface area contributed by atoms with E-state index in [-0.39, 0.29) is 6.03 Å². The van der Waals surface area contributed by atoms with Crippen molar-refractivity contribution in [2.75, 3.05) is 37.6 Å². The van der Waals surface area contributed by atoms with Crippen LogP contribution in [0.4, 0.5) is 10.7 Å². The van der Waals surface area contributed by atoms with Crippen LogP contribution in [-0.4, -0.2) is 58.8 Å². The maximum absolute atomic E-state index is 12.2. The summed E-state index contributed by atoms with van der Waals surface area (Å²) < 4.78 is 0. The number of H-pyrrole nitrogens is 1. The maximum atomic E-state index is 12.2. The van der Waals surface area contributed by atoms with Gasteiger partial charge in [0.05, 0.1) is 0 Å². The number of nitrogens with zero attached hydrogens (tertiary/aromatic N) is 4. The van der Waals surface area contributed by atoms with E-state index in [9.17, 15) is 4.79 Å². The third-order valence-corrected chi connectivity index (χ3v) is 4.12. The van der Waals surface area contributed by atoms with Gasteiger partial charge in [0.15, 0.2) is 0 Å². The van der Waals surface area contributed by atoms with Gasteiger partial charge in [-0.3, -0.25) is 0 Å². The number of nitrogens with one attached hydrogen (secondary N) is 2. The van der Waals surface area contributed by atoms with Crippen molar-refractivity contribution < 1.29 is 4.79 Å². The van der Waals surface area contributed by atoms with Gasteiger partial charge in [-0.15, -0.1) is 0 Å². The number of amides is 2. The summed E-state index contributed by atoms with van der Waals surface area (Å²) in [5, 5.41) is 10.4. The van der Waals surface area contributed by atoms with Gasteiger partial charge in [-0.2, -0.15) is 10.1 Å². The highest BCUT2D eigenvalue weighted by molar-refractivity contribution is 6.30. The molecule has 1 saturated heterocycles. The Hall–Kier alpha value is -2.28. The molecule has 1 aliphatic heterocycles. The van der Waals surface area contributed by atoms with Crippen LogP contribution in [0.15, 0.2) is 30.6 Å². The lowest BCUT2D eigenvalue weighted by atomic mass is 10.1. The molecule has 2 heterocycles. The molecule has 0 aliphatic carbocycles. The highest BCUT2D eigenvalue weighted by atomic mass is 35.5. The first-order chi connectivity index (χ1) is 11.2. The van der Waals surface area contributed by atoms with Crippen molar-refractivity contribution in [2.45, 2.75) is 6.42 Å². The average molecular weight is 335 g/mol. The first kappa shape index (κ1) is 15.6. The van der Waals surface area contributed by atoms with Gasteiger partial charge in [-0.25, -0.2) is 9.89 Å². The van der Waals surface area contributed by atoms with Crippen molar-refractivity contribution in [1.29, 1.82) is 0 Å². The first-order valence-corrected chi connectivity index (χ1v) is 7.98. The van der Waals surface area contributed by atoms with E-state index >= 15 is 0 Å². The van der Waals surface area contributed by atoms with Crippen molar-refractivity contribution in [1.82, 2.24) is 25.4 Å². The van der Waals surface area contributed by atoms with E-state index in [0.29, 0.717) is 19.6 Å². The van der Waals surface area contributed by atoms with Crippen LogP contribution in [0.25, 0.3) is 0 Å². The molecule has 0 saturated carbocycles. The monoisotopic (exact) mass is 334 g/mol. The lowest BCUT2D eigenvalue weighted by Gasteiger charge is -2.34. The second-order valence-corrected chi connectivity index (χ2v) is 5.83. The minimum absolute atomic E-state index is 0.0174. The molecular formula is C15H19ClN6O. The van der Waals surface area contributed by atoms with Crippen LogP contribution >= 0.6 is 11.6 Å². The van der Waals surface area contributed by atoms with E-state index in [2.05, 4.69) is 25.4 Å². The standard InChI is InChI=1S/C15H19ClN6O/c16-13-3-1-12(2-4-13)5-6-17-15(23)22-9-7-21(8-10-22)14-18-11-19-20-14/h1-4,11H,5-10H2,(H,17,23)(H,18,19,20). The van der Waals surface area contributed by atoms with E-state index in [1.165, 1.54) is 6.33 Å². The lowest BCUT2D eigenvalue weighted by Crippen LogP contribution is -2.52. The third-order valence-electron chi connectivity index (χ3n) is 3.87. The molecule has 1 fully saturated rings. The van der Waals surface area contributed by atoms with Gasteiger partial charge in [-0.05, 0) is 24.1 Å². The van der Waals surface area contributed by atoms with Gasteiger partial charge in [0.2, 0.25) is 5.95 Å². The van der Waals surface area contributed by atoms with Gasteiger partial charge in [0, 0.05) is 37.7 Å². The third kappa shape index (κ3) is 4.13. The fourth-order valence-corrected chi connectivity index (χ4v) is 2.68. The zero-order valence-corrected chi connectivity index (χ0v) is 13.5. The number of carbonyl (C=O) groups excluding carboxylic acids is 1. The summed E-state index contributed by atoms with van der Waals surface area (Å²) >= 11 is 5.86. The quantitative estimate of drug-likeness (QED) is 0.889. The molecule has 0 atom stereocenters. The zero-order valence-electron chi connectivity index (χ0n) is 12.7. The highest BCUT2D eigenvalue weighted by Gasteiger charge is 2.22. The highest BCUT2D eigenvalue weighted by Crippen LogP contribution is 2.10. The topological polar surface area (TPSA) is 77.2 Å². The molecule has 2 amide bonds. The van der Waals surface area contributed by atoms with Crippen molar-refractivity contribution >= 4 is 23.6 Å². The predicted molar refractivity (Wildman–Crippen MR) is 88.7 cm³/mol. The van der Waals surface area contributed by atoms with Crippen LogP contribution in [0.2, 0.25) is 5.02 Å². The minimum atomic E-state index is -0.0174. The Balaban J connectivity index is 1.40. The second kappa shape index (κ2) is 7.32. The molecule has 2 aromatic rings. The van der Waals surface area contributed by atoms with Crippen LogP contribution in [0.5, 0.6) is 0 Å². The number of anilines is 1. The molecule has 1 aliphatic rings. The Morgan fingerprint density at radius 3 is 2.61 bits per heavy atom. The smallest absolute Gasteiger partial charge is 0.317 e. The predicted octanol–water partition coefficient (Wildman–Crippen LogP) is 1.53. The van der Waals surface area contributed by atoms with E-state index in [0.717, 1.165) is 36.0 Å². The number of urea groups is 1. The Morgan fingerprint density at radius 2 is 1.96 bits per heavy atom. The molecule has 0 unspecified atom stereocenters. The summed E-state index contributed by atoms with van der Waals surface area (Å²) in [6.45, 7) is 3.46.